The number of ether oxygens (including phenoxy) is 1. The molecule has 0 aliphatic carbocycles. The fourth-order valence-electron chi connectivity index (χ4n) is 2.28. The first-order valence-corrected chi connectivity index (χ1v) is 6.26. The molecule has 19 heavy (non-hydrogen) atoms. The van der Waals surface area contributed by atoms with Crippen LogP contribution in [-0.4, -0.2) is 23.1 Å². The minimum absolute atomic E-state index is 0.126. The second kappa shape index (κ2) is 5.26. The molecule has 0 atom stereocenters. The van der Waals surface area contributed by atoms with Gasteiger partial charge in [-0.15, -0.1) is 0 Å². The number of rotatable bonds is 3. The summed E-state index contributed by atoms with van der Waals surface area (Å²) >= 11 is 0. The summed E-state index contributed by atoms with van der Waals surface area (Å²) in [6, 6.07) is 1.42. The third kappa shape index (κ3) is 2.52. The Morgan fingerprint density at radius 3 is 2.84 bits per heavy atom. The first-order valence-electron chi connectivity index (χ1n) is 6.26. The number of nitrogens with one attached hydrogen (secondary N) is 1. The van der Waals surface area contributed by atoms with E-state index in [2.05, 4.69) is 5.32 Å². The molecule has 1 aromatic heterocycles. The summed E-state index contributed by atoms with van der Waals surface area (Å²) in [4.78, 5) is 35.1. The lowest BCUT2D eigenvalue weighted by Crippen LogP contribution is -2.27. The van der Waals surface area contributed by atoms with E-state index in [9.17, 15) is 14.4 Å². The van der Waals surface area contributed by atoms with Crippen molar-refractivity contribution in [1.29, 1.82) is 0 Å². The molecular formula is C13H16N2O4. The maximum atomic E-state index is 12.1. The lowest BCUT2D eigenvalue weighted by molar-refractivity contribution is -0.114. The number of carbonyl (C=O) groups excluding carboxylic acids is 2. The second-order valence-corrected chi connectivity index (χ2v) is 4.38. The molecule has 6 heteroatoms. The Bertz CT molecular complexity index is 589. The predicted octanol–water partition coefficient (Wildman–Crippen LogP) is 0.930. The number of carbonyl (C=O) groups is 2. The number of hydrogen-bond acceptors (Lipinski definition) is 4. The highest BCUT2D eigenvalue weighted by Gasteiger charge is 2.23. The van der Waals surface area contributed by atoms with Gasteiger partial charge in [0.2, 0.25) is 5.91 Å². The number of amides is 1. The summed E-state index contributed by atoms with van der Waals surface area (Å²) in [6.45, 7) is 3.88. The van der Waals surface area contributed by atoms with Gasteiger partial charge in [-0.05, 0) is 25.8 Å². The fraction of sp³-hybridized carbons (Fsp3) is 0.462. The molecule has 0 spiro atoms. The number of esters is 1. The Balaban J connectivity index is 2.54. The summed E-state index contributed by atoms with van der Waals surface area (Å²) in [6.07, 6.45) is 1.48. The Kier molecular flexibility index (Phi) is 3.69. The summed E-state index contributed by atoms with van der Waals surface area (Å²) in [5, 5.41) is 2.46. The maximum absolute atomic E-state index is 12.1. The Hall–Kier alpha value is -2.11. The van der Waals surface area contributed by atoms with E-state index in [0.717, 1.165) is 6.42 Å². The van der Waals surface area contributed by atoms with Crippen molar-refractivity contribution in [2.24, 2.45) is 0 Å². The molecule has 1 aliphatic heterocycles. The van der Waals surface area contributed by atoms with E-state index in [1.807, 2.05) is 0 Å². The van der Waals surface area contributed by atoms with Crippen molar-refractivity contribution in [3.63, 3.8) is 0 Å². The van der Waals surface area contributed by atoms with Gasteiger partial charge < -0.3 is 14.6 Å². The van der Waals surface area contributed by atoms with E-state index >= 15 is 0 Å². The third-order valence-corrected chi connectivity index (χ3v) is 3.00. The molecule has 2 heterocycles. The molecule has 1 amide bonds. The monoisotopic (exact) mass is 264 g/mol. The second-order valence-electron chi connectivity index (χ2n) is 4.38. The van der Waals surface area contributed by atoms with Gasteiger partial charge in [0.25, 0.3) is 5.56 Å². The van der Waals surface area contributed by atoms with Crippen LogP contribution in [0.2, 0.25) is 0 Å². The molecule has 0 radical (unpaired) electrons. The van der Waals surface area contributed by atoms with Crippen LogP contribution < -0.4 is 10.9 Å². The molecule has 0 aromatic carbocycles. The van der Waals surface area contributed by atoms with Crippen LogP contribution >= 0.6 is 0 Å². The van der Waals surface area contributed by atoms with Gasteiger partial charge in [0, 0.05) is 19.2 Å². The van der Waals surface area contributed by atoms with Crippen LogP contribution in [0.25, 0.3) is 0 Å². The van der Waals surface area contributed by atoms with Gasteiger partial charge in [-0.2, -0.15) is 0 Å². The zero-order valence-electron chi connectivity index (χ0n) is 11.0. The zero-order chi connectivity index (χ0) is 14.0. The molecule has 0 saturated heterocycles. The van der Waals surface area contributed by atoms with Crippen molar-refractivity contribution in [2.75, 3.05) is 11.9 Å². The van der Waals surface area contributed by atoms with Gasteiger partial charge in [0.15, 0.2) is 0 Å². The molecule has 0 saturated carbocycles. The van der Waals surface area contributed by atoms with Crippen LogP contribution in [-0.2, 0) is 22.5 Å². The first-order chi connectivity index (χ1) is 9.04. The SMILES string of the molecule is CCOC(=O)c1cc(NC(C)=O)c(=O)n2c1CCC2. The highest BCUT2D eigenvalue weighted by molar-refractivity contribution is 5.94. The molecule has 0 fully saturated rings. The molecule has 102 valence electrons. The minimum atomic E-state index is -0.459. The van der Waals surface area contributed by atoms with Crippen LogP contribution in [0.5, 0.6) is 0 Å². The fourth-order valence-corrected chi connectivity index (χ4v) is 2.28. The molecule has 6 nitrogen and oxygen atoms in total. The van der Waals surface area contributed by atoms with E-state index in [1.165, 1.54) is 17.6 Å². The quantitative estimate of drug-likeness (QED) is 0.824. The lowest BCUT2D eigenvalue weighted by atomic mass is 10.1. The summed E-state index contributed by atoms with van der Waals surface area (Å²) in [7, 11) is 0. The van der Waals surface area contributed by atoms with Gasteiger partial charge in [0.1, 0.15) is 5.69 Å². The van der Waals surface area contributed by atoms with E-state index in [1.54, 1.807) is 6.92 Å². The topological polar surface area (TPSA) is 77.4 Å². The average molecular weight is 264 g/mol. The van der Waals surface area contributed by atoms with Crippen molar-refractivity contribution >= 4 is 17.6 Å². The summed E-state index contributed by atoms with van der Waals surface area (Å²) in [5.41, 5.74) is 0.914. The molecule has 1 N–H and O–H groups in total. The highest BCUT2D eigenvalue weighted by Crippen LogP contribution is 2.20. The molecule has 0 bridgehead atoms. The summed E-state index contributed by atoms with van der Waals surface area (Å²) < 4.78 is 6.53. The molecular weight excluding hydrogens is 248 g/mol. The highest BCUT2D eigenvalue weighted by atomic mass is 16.5. The van der Waals surface area contributed by atoms with E-state index in [4.69, 9.17) is 4.74 Å². The average Bonchev–Trinajstić information content (AvgIpc) is 2.81. The van der Waals surface area contributed by atoms with Crippen molar-refractivity contribution in [2.45, 2.75) is 33.2 Å². The number of aromatic nitrogens is 1. The molecule has 2 rings (SSSR count). The molecule has 0 unspecified atom stereocenters. The number of anilines is 1. The number of fused-ring (bicyclic) bond motifs is 1. The summed E-state index contributed by atoms with van der Waals surface area (Å²) in [5.74, 6) is -0.801. The number of pyridine rings is 1. The van der Waals surface area contributed by atoms with Gasteiger partial charge in [-0.25, -0.2) is 4.79 Å². The van der Waals surface area contributed by atoms with E-state index in [0.29, 0.717) is 24.2 Å². The predicted molar refractivity (Wildman–Crippen MR) is 69.3 cm³/mol. The molecule has 1 aromatic rings. The van der Waals surface area contributed by atoms with Gasteiger partial charge >= 0.3 is 5.97 Å². The van der Waals surface area contributed by atoms with Crippen molar-refractivity contribution in [1.82, 2.24) is 4.57 Å². The normalized spacial score (nSPS) is 12.9. The molecule has 1 aliphatic rings. The Labute approximate surface area is 110 Å². The van der Waals surface area contributed by atoms with Crippen LogP contribution in [0, 0.1) is 0 Å². The smallest absolute Gasteiger partial charge is 0.339 e. The lowest BCUT2D eigenvalue weighted by Gasteiger charge is -2.12. The van der Waals surface area contributed by atoms with Crippen molar-refractivity contribution in [3.05, 3.63) is 27.7 Å². The first kappa shape index (κ1) is 13.3. The Morgan fingerprint density at radius 1 is 1.47 bits per heavy atom. The van der Waals surface area contributed by atoms with Crippen LogP contribution in [0.1, 0.15) is 36.3 Å². The van der Waals surface area contributed by atoms with E-state index < -0.39 is 5.97 Å². The third-order valence-electron chi connectivity index (χ3n) is 3.00. The van der Waals surface area contributed by atoms with Crippen LogP contribution in [0.3, 0.4) is 0 Å². The Morgan fingerprint density at radius 2 is 2.21 bits per heavy atom. The largest absolute Gasteiger partial charge is 0.462 e. The van der Waals surface area contributed by atoms with Crippen molar-refractivity contribution in [3.8, 4) is 0 Å². The number of hydrogen-bond donors (Lipinski definition) is 1. The zero-order valence-corrected chi connectivity index (χ0v) is 11.0. The minimum Gasteiger partial charge on any atom is -0.462 e. The standard InChI is InChI=1S/C13H16N2O4/c1-3-19-13(18)9-7-10(14-8(2)16)12(17)15-6-4-5-11(9)15/h7H,3-6H2,1-2H3,(H,14,16). The van der Waals surface area contributed by atoms with Gasteiger partial charge in [0.05, 0.1) is 12.2 Å². The van der Waals surface area contributed by atoms with Crippen LogP contribution in [0.15, 0.2) is 10.9 Å². The van der Waals surface area contributed by atoms with Crippen LogP contribution in [0.4, 0.5) is 5.69 Å². The maximum Gasteiger partial charge on any atom is 0.339 e. The van der Waals surface area contributed by atoms with Crippen molar-refractivity contribution < 1.29 is 14.3 Å². The van der Waals surface area contributed by atoms with Gasteiger partial charge in [-0.1, -0.05) is 0 Å². The van der Waals surface area contributed by atoms with Gasteiger partial charge in [-0.3, -0.25) is 9.59 Å². The number of nitrogens with zero attached hydrogens (tertiary/aromatic N) is 1. The van der Waals surface area contributed by atoms with E-state index in [-0.39, 0.29) is 23.8 Å².